The number of hydrogen-bond donors (Lipinski definition) is 1. The van der Waals surface area contributed by atoms with Crippen molar-refractivity contribution < 1.29 is 9.53 Å². The smallest absolute Gasteiger partial charge is 0.338 e. The van der Waals surface area contributed by atoms with E-state index in [-0.39, 0.29) is 5.97 Å². The lowest BCUT2D eigenvalue weighted by molar-refractivity contribution is 0.0494. The molecule has 4 heteroatoms. The van der Waals surface area contributed by atoms with E-state index in [1.807, 2.05) is 0 Å². The van der Waals surface area contributed by atoms with Crippen molar-refractivity contribution in [2.45, 2.75) is 26.7 Å². The Morgan fingerprint density at radius 2 is 2.12 bits per heavy atom. The van der Waals surface area contributed by atoms with E-state index in [2.05, 4.69) is 29.8 Å². The predicted octanol–water partition coefficient (Wildman–Crippen LogP) is 3.62. The third kappa shape index (κ3) is 5.22. The van der Waals surface area contributed by atoms with Crippen LogP contribution in [-0.4, -0.2) is 12.6 Å². The third-order valence-corrected chi connectivity index (χ3v) is 2.77. The zero-order chi connectivity index (χ0) is 12.8. The van der Waals surface area contributed by atoms with Crippen LogP contribution < -0.4 is 5.73 Å². The van der Waals surface area contributed by atoms with Gasteiger partial charge in [-0.25, -0.2) is 4.79 Å². The van der Waals surface area contributed by atoms with Crippen molar-refractivity contribution in [1.82, 2.24) is 0 Å². The van der Waals surface area contributed by atoms with Crippen LogP contribution in [0.4, 0.5) is 5.69 Å². The van der Waals surface area contributed by atoms with Gasteiger partial charge in [-0.3, -0.25) is 0 Å². The summed E-state index contributed by atoms with van der Waals surface area (Å²) in [6.45, 7) is 4.76. The molecule has 0 aliphatic heterocycles. The fourth-order valence-electron chi connectivity index (χ4n) is 1.47. The van der Waals surface area contributed by atoms with Crippen molar-refractivity contribution in [3.63, 3.8) is 0 Å². The van der Waals surface area contributed by atoms with Gasteiger partial charge < -0.3 is 10.5 Å². The Morgan fingerprint density at radius 1 is 1.41 bits per heavy atom. The molecule has 0 bridgehead atoms. The molecule has 1 aromatic carbocycles. The molecule has 2 N–H and O–H groups in total. The number of carbonyl (C=O) groups is 1. The van der Waals surface area contributed by atoms with Crippen LogP contribution >= 0.6 is 15.9 Å². The molecule has 0 spiro atoms. The van der Waals surface area contributed by atoms with Crippen LogP contribution in [-0.2, 0) is 4.74 Å². The number of ether oxygens (including phenoxy) is 1. The van der Waals surface area contributed by atoms with E-state index in [9.17, 15) is 4.79 Å². The second kappa shape index (κ2) is 6.64. The van der Waals surface area contributed by atoms with Crippen molar-refractivity contribution in [3.8, 4) is 0 Å². The Bertz CT molecular complexity index is 371. The quantitative estimate of drug-likeness (QED) is 0.513. The molecular formula is C13H18BrNO2. The summed E-state index contributed by atoms with van der Waals surface area (Å²) in [7, 11) is 0. The highest BCUT2D eigenvalue weighted by Crippen LogP contribution is 2.18. The fourth-order valence-corrected chi connectivity index (χ4v) is 1.98. The second-order valence-electron chi connectivity index (χ2n) is 4.45. The molecule has 1 rings (SSSR count). The summed E-state index contributed by atoms with van der Waals surface area (Å²) in [6.07, 6.45) is 1.96. The van der Waals surface area contributed by atoms with Gasteiger partial charge in [-0.15, -0.1) is 0 Å². The number of halogens is 1. The summed E-state index contributed by atoms with van der Waals surface area (Å²) in [5.74, 6) is 0.317. The van der Waals surface area contributed by atoms with Gasteiger partial charge >= 0.3 is 5.97 Å². The molecule has 17 heavy (non-hydrogen) atoms. The first-order valence-electron chi connectivity index (χ1n) is 5.72. The first kappa shape index (κ1) is 14.0. The molecule has 0 heterocycles. The summed E-state index contributed by atoms with van der Waals surface area (Å²) in [4.78, 5) is 11.7. The van der Waals surface area contributed by atoms with Gasteiger partial charge in [0.2, 0.25) is 0 Å². The molecule has 0 radical (unpaired) electrons. The number of carbonyl (C=O) groups excluding carboxylic acids is 1. The van der Waals surface area contributed by atoms with E-state index in [4.69, 9.17) is 10.5 Å². The Hall–Kier alpha value is -1.03. The fraction of sp³-hybridized carbons (Fsp3) is 0.462. The van der Waals surface area contributed by atoms with Crippen molar-refractivity contribution in [3.05, 3.63) is 28.2 Å². The minimum Gasteiger partial charge on any atom is -0.462 e. The van der Waals surface area contributed by atoms with Crippen molar-refractivity contribution in [2.75, 3.05) is 12.3 Å². The zero-order valence-corrected chi connectivity index (χ0v) is 11.8. The summed E-state index contributed by atoms with van der Waals surface area (Å²) in [6, 6.07) is 5.08. The molecule has 0 fully saturated rings. The molecular weight excluding hydrogens is 282 g/mol. The number of anilines is 1. The van der Waals surface area contributed by atoms with Gasteiger partial charge in [-0.2, -0.15) is 0 Å². The van der Waals surface area contributed by atoms with E-state index in [1.165, 1.54) is 0 Å². The topological polar surface area (TPSA) is 52.3 Å². The van der Waals surface area contributed by atoms with Gasteiger partial charge in [0.15, 0.2) is 0 Å². The van der Waals surface area contributed by atoms with Crippen LogP contribution in [0.25, 0.3) is 0 Å². The SMILES string of the molecule is CC(C)CCCOC(=O)c1cc(N)cc(Br)c1. The van der Waals surface area contributed by atoms with Crippen molar-refractivity contribution in [2.24, 2.45) is 5.92 Å². The number of hydrogen-bond acceptors (Lipinski definition) is 3. The van der Waals surface area contributed by atoms with Gasteiger partial charge in [0.1, 0.15) is 0 Å². The Morgan fingerprint density at radius 3 is 2.71 bits per heavy atom. The van der Waals surface area contributed by atoms with Crippen LogP contribution in [0.2, 0.25) is 0 Å². The number of esters is 1. The second-order valence-corrected chi connectivity index (χ2v) is 5.36. The first-order chi connectivity index (χ1) is 7.99. The van der Waals surface area contributed by atoms with E-state index in [0.717, 1.165) is 17.3 Å². The normalized spacial score (nSPS) is 10.6. The molecule has 0 aliphatic carbocycles. The minimum atomic E-state index is -0.318. The molecule has 0 aromatic heterocycles. The molecule has 3 nitrogen and oxygen atoms in total. The molecule has 0 unspecified atom stereocenters. The van der Waals surface area contributed by atoms with E-state index in [1.54, 1.807) is 18.2 Å². The molecule has 0 aliphatic rings. The lowest BCUT2D eigenvalue weighted by Gasteiger charge is -2.07. The van der Waals surface area contributed by atoms with Crippen molar-refractivity contribution >= 4 is 27.6 Å². The maximum Gasteiger partial charge on any atom is 0.338 e. The average Bonchev–Trinajstić information content (AvgIpc) is 2.22. The Labute approximate surface area is 110 Å². The summed E-state index contributed by atoms with van der Waals surface area (Å²) >= 11 is 3.29. The highest BCUT2D eigenvalue weighted by molar-refractivity contribution is 9.10. The number of rotatable bonds is 5. The molecule has 0 amide bonds. The molecule has 0 saturated heterocycles. The van der Waals surface area contributed by atoms with Crippen LogP contribution in [0.3, 0.4) is 0 Å². The summed E-state index contributed by atoms with van der Waals surface area (Å²) in [5, 5.41) is 0. The number of benzene rings is 1. The third-order valence-electron chi connectivity index (χ3n) is 2.31. The van der Waals surface area contributed by atoms with Crippen LogP contribution in [0.5, 0.6) is 0 Å². The maximum absolute atomic E-state index is 11.7. The molecule has 94 valence electrons. The highest BCUT2D eigenvalue weighted by Gasteiger charge is 2.08. The lowest BCUT2D eigenvalue weighted by Crippen LogP contribution is -2.07. The average molecular weight is 300 g/mol. The molecule has 0 saturated carbocycles. The first-order valence-corrected chi connectivity index (χ1v) is 6.51. The van der Waals surface area contributed by atoms with Gasteiger partial charge in [-0.05, 0) is 37.0 Å². The van der Waals surface area contributed by atoms with Gasteiger partial charge in [0.25, 0.3) is 0 Å². The zero-order valence-electron chi connectivity index (χ0n) is 10.2. The number of nitrogens with two attached hydrogens (primary N) is 1. The van der Waals surface area contributed by atoms with Crippen molar-refractivity contribution in [1.29, 1.82) is 0 Å². The molecule has 0 atom stereocenters. The van der Waals surface area contributed by atoms with Crippen LogP contribution in [0, 0.1) is 5.92 Å². The van der Waals surface area contributed by atoms with Gasteiger partial charge in [0.05, 0.1) is 12.2 Å². The van der Waals surface area contributed by atoms with Crippen LogP contribution in [0.1, 0.15) is 37.0 Å². The predicted molar refractivity (Wildman–Crippen MR) is 72.9 cm³/mol. The van der Waals surface area contributed by atoms with E-state index in [0.29, 0.717) is 23.8 Å². The highest BCUT2D eigenvalue weighted by atomic mass is 79.9. The Balaban J connectivity index is 2.47. The summed E-state index contributed by atoms with van der Waals surface area (Å²) in [5.41, 5.74) is 6.69. The van der Waals surface area contributed by atoms with Gasteiger partial charge in [-0.1, -0.05) is 29.8 Å². The van der Waals surface area contributed by atoms with Crippen LogP contribution in [0.15, 0.2) is 22.7 Å². The largest absolute Gasteiger partial charge is 0.462 e. The maximum atomic E-state index is 11.7. The lowest BCUT2D eigenvalue weighted by atomic mass is 10.1. The summed E-state index contributed by atoms with van der Waals surface area (Å²) < 4.78 is 5.96. The van der Waals surface area contributed by atoms with E-state index < -0.39 is 0 Å². The monoisotopic (exact) mass is 299 g/mol. The standard InChI is InChI=1S/C13H18BrNO2/c1-9(2)4-3-5-17-13(16)10-6-11(14)8-12(15)7-10/h6-9H,3-5,15H2,1-2H3. The molecule has 1 aromatic rings. The number of nitrogen functional groups attached to an aromatic ring is 1. The van der Waals surface area contributed by atoms with E-state index >= 15 is 0 Å². The minimum absolute atomic E-state index is 0.318. The Kier molecular flexibility index (Phi) is 5.48. The van der Waals surface area contributed by atoms with Gasteiger partial charge in [0, 0.05) is 10.2 Å².